The first kappa shape index (κ1) is 51.0. The maximum absolute atomic E-state index is 14.0. The van der Waals surface area contributed by atoms with Gasteiger partial charge in [-0.2, -0.15) is 13.2 Å². The van der Waals surface area contributed by atoms with Crippen LogP contribution in [0.4, 0.5) is 13.2 Å². The molecule has 14 nitrogen and oxygen atoms in total. The number of hydrogen-bond donors (Lipinski definition) is 4. The standard InChI is InChI=1S/C54H56ClF3N10O4S/c1-29(2)41-24-42(45(70)26-44(41)69)49-63-65-51(52(72)59-28-54(56,57)58)68(49)40-16-10-34(11-17-40)22-35-18-20-66(21-19-35)27-36-8-7-9-38(23-36)31(4)60-46(71)25-43-50-64-62-33(6)67(50)53-47(30(3)32(5)73-53)48(61-43)37-12-14-39(55)15-13-37/h7-17,23-24,26,29,31,35,43,69-70H,18-22,25,27-28H2,1-6H3,(H,59,72)(H,60,71)/t31-,43+/m1/s1. The van der Waals surface area contributed by atoms with Crippen LogP contribution in [-0.4, -0.2) is 88.0 Å². The molecular formula is C54H56ClF3N10O4S. The van der Waals surface area contributed by atoms with E-state index in [9.17, 15) is 33.0 Å². The maximum Gasteiger partial charge on any atom is 0.405 e. The summed E-state index contributed by atoms with van der Waals surface area (Å²) in [7, 11) is 0. The van der Waals surface area contributed by atoms with Crippen LogP contribution >= 0.6 is 22.9 Å². The Bertz CT molecular complexity index is 3210. The highest BCUT2D eigenvalue weighted by atomic mass is 35.5. The lowest BCUT2D eigenvalue weighted by Crippen LogP contribution is -2.35. The third-order valence-corrected chi connectivity index (χ3v) is 15.2. The largest absolute Gasteiger partial charge is 0.508 e. The number of piperidine rings is 1. The fourth-order valence-corrected chi connectivity index (χ4v) is 11.1. The van der Waals surface area contributed by atoms with E-state index in [0.717, 1.165) is 88.8 Å². The molecule has 0 saturated carbocycles. The molecule has 9 rings (SSSR count). The number of phenolic OH excluding ortho intramolecular Hbond substituents is 2. The summed E-state index contributed by atoms with van der Waals surface area (Å²) < 4.78 is 42.7. The molecule has 2 aliphatic heterocycles. The van der Waals surface area contributed by atoms with Crippen LogP contribution in [0.1, 0.15) is 124 Å². The molecular weight excluding hydrogens is 977 g/mol. The number of nitrogens with one attached hydrogen (secondary N) is 2. The lowest BCUT2D eigenvalue weighted by Gasteiger charge is -2.32. The number of amides is 2. The number of likely N-dealkylation sites (tertiary alicyclic amines) is 1. The van der Waals surface area contributed by atoms with Gasteiger partial charge in [0, 0.05) is 39.3 Å². The van der Waals surface area contributed by atoms with E-state index in [0.29, 0.717) is 28.0 Å². The van der Waals surface area contributed by atoms with Gasteiger partial charge in [-0.1, -0.05) is 74.0 Å². The molecule has 0 unspecified atom stereocenters. The third-order valence-electron chi connectivity index (χ3n) is 13.7. The summed E-state index contributed by atoms with van der Waals surface area (Å²) in [5, 5.41) is 45.2. The minimum atomic E-state index is -4.65. The van der Waals surface area contributed by atoms with Crippen molar-refractivity contribution in [2.24, 2.45) is 10.9 Å². The van der Waals surface area contributed by atoms with Crippen LogP contribution in [0.3, 0.4) is 0 Å². The molecule has 2 atom stereocenters. The summed E-state index contributed by atoms with van der Waals surface area (Å²) in [4.78, 5) is 35.9. The number of carbonyl (C=O) groups is 2. The number of hydrogen-bond acceptors (Lipinski definition) is 11. The number of carbonyl (C=O) groups excluding carboxylic acids is 2. The monoisotopic (exact) mass is 1030 g/mol. The molecule has 1 saturated heterocycles. The molecule has 4 aromatic carbocycles. The summed E-state index contributed by atoms with van der Waals surface area (Å²) in [6.07, 6.45) is -1.84. The quantitative estimate of drug-likeness (QED) is 0.0826. The van der Waals surface area contributed by atoms with Crippen molar-refractivity contribution in [2.75, 3.05) is 19.6 Å². The van der Waals surface area contributed by atoms with Crippen molar-refractivity contribution in [3.63, 3.8) is 0 Å². The third kappa shape index (κ3) is 11.1. The number of aromatic hydroxyl groups is 2. The van der Waals surface area contributed by atoms with Crippen molar-refractivity contribution >= 4 is 40.5 Å². The molecule has 1 fully saturated rings. The van der Waals surface area contributed by atoms with E-state index in [1.165, 1.54) is 21.6 Å². The fourth-order valence-electron chi connectivity index (χ4n) is 9.72. The van der Waals surface area contributed by atoms with Crippen LogP contribution in [0.15, 0.2) is 89.9 Å². The summed E-state index contributed by atoms with van der Waals surface area (Å²) in [5.74, 6) is -0.462. The molecule has 19 heteroatoms. The molecule has 73 heavy (non-hydrogen) atoms. The van der Waals surface area contributed by atoms with Gasteiger partial charge in [0.15, 0.2) is 11.6 Å². The van der Waals surface area contributed by atoms with Gasteiger partial charge in [-0.15, -0.1) is 31.7 Å². The average molecular weight is 1030 g/mol. The Hall–Kier alpha value is -6.89. The average Bonchev–Trinajstić information content (AvgIpc) is 4.02. The predicted octanol–water partition coefficient (Wildman–Crippen LogP) is 10.6. The number of aryl methyl sites for hydroxylation is 2. The number of thiophene rings is 1. The summed E-state index contributed by atoms with van der Waals surface area (Å²) in [6, 6.07) is 25.2. The van der Waals surface area contributed by atoms with Crippen molar-refractivity contribution in [1.29, 1.82) is 0 Å². The molecule has 0 aliphatic carbocycles. The number of phenols is 2. The van der Waals surface area contributed by atoms with Crippen LogP contribution in [0.25, 0.3) is 22.1 Å². The number of nitrogens with zero attached hydrogens (tertiary/aromatic N) is 8. The second kappa shape index (κ2) is 20.9. The van der Waals surface area contributed by atoms with Crippen molar-refractivity contribution in [3.05, 3.63) is 151 Å². The Morgan fingerprint density at radius 2 is 1.59 bits per heavy atom. The summed E-state index contributed by atoms with van der Waals surface area (Å²) in [5.41, 5.74) is 8.08. The van der Waals surface area contributed by atoms with Crippen LogP contribution in [0.2, 0.25) is 5.02 Å². The van der Waals surface area contributed by atoms with Gasteiger partial charge in [-0.25, -0.2) is 0 Å². The zero-order chi connectivity index (χ0) is 51.9. The minimum Gasteiger partial charge on any atom is -0.508 e. The Labute approximate surface area is 430 Å². The Morgan fingerprint density at radius 1 is 0.863 bits per heavy atom. The highest BCUT2D eigenvalue weighted by molar-refractivity contribution is 7.15. The number of rotatable bonds is 14. The first-order valence-electron chi connectivity index (χ1n) is 24.2. The molecule has 3 aromatic heterocycles. The van der Waals surface area contributed by atoms with Crippen molar-refractivity contribution in [1.82, 2.24) is 45.1 Å². The molecule has 7 aromatic rings. The van der Waals surface area contributed by atoms with Gasteiger partial charge in [-0.3, -0.25) is 28.6 Å². The smallest absolute Gasteiger partial charge is 0.405 e. The molecule has 4 N–H and O–H groups in total. The molecule has 2 amide bonds. The number of aromatic nitrogens is 6. The lowest BCUT2D eigenvalue weighted by molar-refractivity contribution is -0.123. The first-order valence-corrected chi connectivity index (χ1v) is 25.4. The van der Waals surface area contributed by atoms with E-state index in [1.807, 2.05) is 86.1 Å². The van der Waals surface area contributed by atoms with E-state index in [-0.39, 0.29) is 47.2 Å². The Morgan fingerprint density at radius 3 is 2.29 bits per heavy atom. The van der Waals surface area contributed by atoms with E-state index >= 15 is 0 Å². The summed E-state index contributed by atoms with van der Waals surface area (Å²) in [6.45, 7) is 12.8. The normalized spacial score (nSPS) is 15.7. The van der Waals surface area contributed by atoms with E-state index in [1.54, 1.807) is 23.5 Å². The maximum atomic E-state index is 14.0. The van der Waals surface area contributed by atoms with Crippen molar-refractivity contribution < 1.29 is 33.0 Å². The number of benzene rings is 4. The second-order valence-electron chi connectivity index (χ2n) is 19.3. The molecule has 0 spiro atoms. The van der Waals surface area contributed by atoms with Crippen LogP contribution < -0.4 is 10.6 Å². The SMILES string of the molecule is Cc1sc2c(c1C)C(c1ccc(Cl)cc1)=N[C@@H](CC(=O)N[C@H](C)c1cccc(CN3CCC(Cc4ccc(-n5c(C(=O)NCC(F)(F)F)nnc5-c5cc(C(C)C)c(O)cc5O)cc4)CC3)c1)c1nnc(C)n1-2. The minimum absolute atomic E-state index is 0.0245. The number of alkyl halides is 3. The van der Waals surface area contributed by atoms with Gasteiger partial charge in [0.1, 0.15) is 34.9 Å². The molecule has 0 radical (unpaired) electrons. The number of halogens is 4. The predicted molar refractivity (Wildman–Crippen MR) is 275 cm³/mol. The number of aliphatic imine (C=N–C) groups is 1. The van der Waals surface area contributed by atoms with Gasteiger partial charge in [-0.05, 0) is 130 Å². The van der Waals surface area contributed by atoms with E-state index < -0.39 is 30.5 Å². The molecule has 5 heterocycles. The van der Waals surface area contributed by atoms with Crippen molar-refractivity contribution in [3.8, 4) is 33.6 Å². The van der Waals surface area contributed by atoms with Crippen LogP contribution in [0.5, 0.6) is 11.5 Å². The van der Waals surface area contributed by atoms with Crippen LogP contribution in [0, 0.1) is 26.7 Å². The number of fused-ring (bicyclic) bond motifs is 3. The zero-order valence-corrected chi connectivity index (χ0v) is 42.8. The highest BCUT2D eigenvalue weighted by Gasteiger charge is 2.34. The lowest BCUT2D eigenvalue weighted by atomic mass is 9.90. The van der Waals surface area contributed by atoms with Gasteiger partial charge < -0.3 is 20.8 Å². The summed E-state index contributed by atoms with van der Waals surface area (Å²) >= 11 is 7.96. The van der Waals surface area contributed by atoms with Gasteiger partial charge in [0.05, 0.1) is 23.7 Å². The van der Waals surface area contributed by atoms with Crippen LogP contribution in [-0.2, 0) is 17.8 Å². The highest BCUT2D eigenvalue weighted by Crippen LogP contribution is 2.41. The second-order valence-corrected chi connectivity index (χ2v) is 20.9. The molecule has 2 aliphatic rings. The fraction of sp³-hybridized carbons (Fsp3) is 0.352. The van der Waals surface area contributed by atoms with Crippen molar-refractivity contribution in [2.45, 2.75) is 97.9 Å². The topological polar surface area (TPSA) is 176 Å². The Balaban J connectivity index is 0.835. The van der Waals surface area contributed by atoms with Gasteiger partial charge in [0.2, 0.25) is 11.7 Å². The molecule has 0 bridgehead atoms. The zero-order valence-electron chi connectivity index (χ0n) is 41.3. The van der Waals surface area contributed by atoms with E-state index in [4.69, 9.17) is 16.6 Å². The Kier molecular flexibility index (Phi) is 14.6. The van der Waals surface area contributed by atoms with Gasteiger partial charge >= 0.3 is 6.18 Å². The molecule has 380 valence electrons. The van der Waals surface area contributed by atoms with Gasteiger partial charge in [0.25, 0.3) is 5.91 Å². The first-order chi connectivity index (χ1) is 34.8. The van der Waals surface area contributed by atoms with E-state index in [2.05, 4.69) is 56.6 Å².